The van der Waals surface area contributed by atoms with Gasteiger partial charge in [-0.05, 0) is 42.9 Å². The third-order valence-corrected chi connectivity index (χ3v) is 5.10. The van der Waals surface area contributed by atoms with Gasteiger partial charge in [0.15, 0.2) is 17.0 Å². The third kappa shape index (κ3) is 3.41. The molecule has 0 unspecified atom stereocenters. The molecule has 0 radical (unpaired) electrons. The minimum Gasteiger partial charge on any atom is -0.453 e. The van der Waals surface area contributed by atoms with Crippen molar-refractivity contribution in [2.75, 3.05) is 6.61 Å². The van der Waals surface area contributed by atoms with Crippen molar-refractivity contribution in [3.05, 3.63) is 46.1 Å². The maximum Gasteiger partial charge on any atom is 0.198 e. The molecule has 2 aromatic rings. The van der Waals surface area contributed by atoms with Gasteiger partial charge in [-0.1, -0.05) is 19.3 Å². The Labute approximate surface area is 139 Å². The fourth-order valence-corrected chi connectivity index (χ4v) is 3.56. The molecule has 0 bridgehead atoms. The first-order valence-electron chi connectivity index (χ1n) is 8.40. The van der Waals surface area contributed by atoms with E-state index >= 15 is 0 Å². The van der Waals surface area contributed by atoms with E-state index in [9.17, 15) is 19.1 Å². The lowest BCUT2D eigenvalue weighted by Crippen LogP contribution is -2.29. The van der Waals surface area contributed by atoms with Crippen LogP contribution < -0.4 is 5.43 Å². The molecule has 1 aromatic carbocycles. The SMILES string of the molecule is O=C(CCC1(CO)CCCCC1)c1cc(=O)c2cc(F)ccc2o1. The van der Waals surface area contributed by atoms with E-state index < -0.39 is 11.2 Å². The molecule has 0 spiro atoms. The fourth-order valence-electron chi connectivity index (χ4n) is 3.56. The Kier molecular flexibility index (Phi) is 4.81. The third-order valence-electron chi connectivity index (χ3n) is 5.10. The van der Waals surface area contributed by atoms with Gasteiger partial charge in [0.2, 0.25) is 0 Å². The van der Waals surface area contributed by atoms with Crippen LogP contribution in [0.2, 0.25) is 0 Å². The van der Waals surface area contributed by atoms with E-state index in [0.29, 0.717) is 6.42 Å². The molecule has 4 nitrogen and oxygen atoms in total. The number of carbonyl (C=O) groups is 1. The average molecular weight is 332 g/mol. The van der Waals surface area contributed by atoms with Gasteiger partial charge in [-0.2, -0.15) is 0 Å². The number of carbonyl (C=O) groups excluding carboxylic acids is 1. The highest BCUT2D eigenvalue weighted by Crippen LogP contribution is 2.40. The van der Waals surface area contributed by atoms with Crippen LogP contribution in [-0.4, -0.2) is 17.5 Å². The molecule has 0 atom stereocenters. The smallest absolute Gasteiger partial charge is 0.198 e. The number of ketones is 1. The zero-order valence-corrected chi connectivity index (χ0v) is 13.5. The van der Waals surface area contributed by atoms with E-state index in [2.05, 4.69) is 0 Å². The highest BCUT2D eigenvalue weighted by molar-refractivity contribution is 5.94. The van der Waals surface area contributed by atoms with Crippen molar-refractivity contribution in [1.29, 1.82) is 0 Å². The molecule has 1 heterocycles. The summed E-state index contributed by atoms with van der Waals surface area (Å²) >= 11 is 0. The molecule has 1 fully saturated rings. The lowest BCUT2D eigenvalue weighted by atomic mass is 9.71. The predicted octanol–water partition coefficient (Wildman–Crippen LogP) is 3.84. The maximum absolute atomic E-state index is 13.2. The highest BCUT2D eigenvalue weighted by Gasteiger charge is 2.32. The maximum atomic E-state index is 13.2. The van der Waals surface area contributed by atoms with E-state index in [1.165, 1.54) is 18.6 Å². The van der Waals surface area contributed by atoms with E-state index in [1.807, 2.05) is 0 Å². The number of fused-ring (bicyclic) bond motifs is 1. The van der Waals surface area contributed by atoms with Gasteiger partial charge in [0.05, 0.1) is 5.39 Å². The summed E-state index contributed by atoms with van der Waals surface area (Å²) in [7, 11) is 0. The summed E-state index contributed by atoms with van der Waals surface area (Å²) in [6.45, 7) is 0.0845. The molecular formula is C19H21FO4. The van der Waals surface area contributed by atoms with E-state index in [4.69, 9.17) is 4.42 Å². The van der Waals surface area contributed by atoms with E-state index in [0.717, 1.165) is 37.8 Å². The van der Waals surface area contributed by atoms with Crippen LogP contribution in [0.25, 0.3) is 11.0 Å². The molecule has 5 heteroatoms. The van der Waals surface area contributed by atoms with E-state index in [1.54, 1.807) is 0 Å². The number of benzene rings is 1. The van der Waals surface area contributed by atoms with Crippen molar-refractivity contribution < 1.29 is 18.7 Å². The van der Waals surface area contributed by atoms with Crippen molar-refractivity contribution in [3.63, 3.8) is 0 Å². The summed E-state index contributed by atoms with van der Waals surface area (Å²) in [5.74, 6) is -0.768. The summed E-state index contributed by atoms with van der Waals surface area (Å²) in [6, 6.07) is 4.80. The largest absolute Gasteiger partial charge is 0.453 e. The first-order valence-corrected chi connectivity index (χ1v) is 8.40. The summed E-state index contributed by atoms with van der Waals surface area (Å²) < 4.78 is 18.7. The van der Waals surface area contributed by atoms with Gasteiger partial charge in [-0.3, -0.25) is 9.59 Å². The summed E-state index contributed by atoms with van der Waals surface area (Å²) in [5, 5.41) is 9.85. The number of hydrogen-bond donors (Lipinski definition) is 1. The molecule has 1 aliphatic carbocycles. The molecular weight excluding hydrogens is 311 g/mol. The molecule has 1 aromatic heterocycles. The van der Waals surface area contributed by atoms with Gasteiger partial charge in [0.1, 0.15) is 11.4 Å². The Morgan fingerprint density at radius 1 is 1.21 bits per heavy atom. The van der Waals surface area contributed by atoms with Gasteiger partial charge in [0.25, 0.3) is 0 Å². The molecule has 1 aliphatic rings. The number of Topliss-reactive ketones (excluding diaryl/α,β-unsaturated/α-hetero) is 1. The van der Waals surface area contributed by atoms with Crippen molar-refractivity contribution in [2.45, 2.75) is 44.9 Å². The number of halogens is 1. The molecule has 1 saturated carbocycles. The summed E-state index contributed by atoms with van der Waals surface area (Å²) in [6.07, 6.45) is 6.00. The summed E-state index contributed by atoms with van der Waals surface area (Å²) in [4.78, 5) is 24.5. The topological polar surface area (TPSA) is 67.5 Å². The zero-order valence-electron chi connectivity index (χ0n) is 13.5. The van der Waals surface area contributed by atoms with Gasteiger partial charge in [-0.15, -0.1) is 0 Å². The number of aliphatic hydroxyl groups excluding tert-OH is 1. The normalized spacial score (nSPS) is 17.1. The molecule has 0 aliphatic heterocycles. The van der Waals surface area contributed by atoms with Crippen molar-refractivity contribution in [2.24, 2.45) is 5.41 Å². The first kappa shape index (κ1) is 16.8. The van der Waals surface area contributed by atoms with Gasteiger partial charge < -0.3 is 9.52 Å². The second kappa shape index (κ2) is 6.85. The lowest BCUT2D eigenvalue weighted by Gasteiger charge is -2.35. The molecule has 0 saturated heterocycles. The van der Waals surface area contributed by atoms with Gasteiger partial charge in [0, 0.05) is 19.1 Å². The standard InChI is InChI=1S/C19H21FO4/c20-13-4-5-17-14(10-13)16(23)11-18(24-17)15(22)6-9-19(12-21)7-2-1-3-8-19/h4-5,10-11,21H,1-3,6-9,12H2. The number of rotatable bonds is 5. The molecule has 24 heavy (non-hydrogen) atoms. The molecule has 0 amide bonds. The van der Waals surface area contributed by atoms with Crippen LogP contribution in [0.15, 0.2) is 33.5 Å². The highest BCUT2D eigenvalue weighted by atomic mass is 19.1. The van der Waals surface area contributed by atoms with Crippen LogP contribution in [0.1, 0.15) is 55.5 Å². The lowest BCUT2D eigenvalue weighted by molar-refractivity contribution is 0.0654. The molecule has 1 N–H and O–H groups in total. The predicted molar refractivity (Wildman–Crippen MR) is 88.6 cm³/mol. The van der Waals surface area contributed by atoms with Crippen LogP contribution in [-0.2, 0) is 0 Å². The zero-order chi connectivity index (χ0) is 17.2. The monoisotopic (exact) mass is 332 g/mol. The molecule has 3 rings (SSSR count). The van der Waals surface area contributed by atoms with Crippen LogP contribution in [0.3, 0.4) is 0 Å². The van der Waals surface area contributed by atoms with E-state index in [-0.39, 0.29) is 41.0 Å². The average Bonchev–Trinajstić information content (AvgIpc) is 2.61. The van der Waals surface area contributed by atoms with Crippen LogP contribution >= 0.6 is 0 Å². The van der Waals surface area contributed by atoms with Crippen LogP contribution in [0.5, 0.6) is 0 Å². The second-order valence-electron chi connectivity index (χ2n) is 6.76. The minimum absolute atomic E-state index is 0.00278. The van der Waals surface area contributed by atoms with Gasteiger partial charge in [-0.25, -0.2) is 4.39 Å². The number of aliphatic hydroxyl groups is 1. The minimum atomic E-state index is -0.518. The van der Waals surface area contributed by atoms with Gasteiger partial charge >= 0.3 is 0 Å². The number of hydrogen-bond acceptors (Lipinski definition) is 4. The Morgan fingerprint density at radius 3 is 2.67 bits per heavy atom. The van der Waals surface area contributed by atoms with Crippen LogP contribution in [0, 0.1) is 11.2 Å². The fraction of sp³-hybridized carbons (Fsp3) is 0.474. The quantitative estimate of drug-likeness (QED) is 0.845. The van der Waals surface area contributed by atoms with Crippen LogP contribution in [0.4, 0.5) is 4.39 Å². The Bertz CT molecular complexity index is 803. The Morgan fingerprint density at radius 2 is 1.96 bits per heavy atom. The van der Waals surface area contributed by atoms with Crippen molar-refractivity contribution in [3.8, 4) is 0 Å². The van der Waals surface area contributed by atoms with Crippen molar-refractivity contribution in [1.82, 2.24) is 0 Å². The molecule has 128 valence electrons. The first-order chi connectivity index (χ1) is 11.5. The summed E-state index contributed by atoms with van der Waals surface area (Å²) in [5.41, 5.74) is -0.399. The van der Waals surface area contributed by atoms with Crippen molar-refractivity contribution >= 4 is 16.8 Å². The second-order valence-corrected chi connectivity index (χ2v) is 6.76. The Balaban J connectivity index is 1.79. The Hall–Kier alpha value is -2.01.